The number of unbranched alkanes of at least 4 members (excludes halogenated alkanes) is 11. The van der Waals surface area contributed by atoms with Gasteiger partial charge in [0, 0.05) is 18.6 Å². The summed E-state index contributed by atoms with van der Waals surface area (Å²) in [6.45, 7) is 6.79. The fraction of sp³-hybridized carbons (Fsp3) is 0.605. The summed E-state index contributed by atoms with van der Waals surface area (Å²) in [7, 11) is 6.44. The molecule has 13 heteroatoms. The lowest BCUT2D eigenvalue weighted by molar-refractivity contribution is -0.903. The first-order chi connectivity index (χ1) is 27.2. The van der Waals surface area contributed by atoms with Crippen molar-refractivity contribution in [2.24, 2.45) is 0 Å². The van der Waals surface area contributed by atoms with E-state index >= 15 is 0 Å². The smallest absolute Gasteiger partial charge is 0.351 e. The van der Waals surface area contributed by atoms with Gasteiger partial charge in [-0.3, -0.25) is 4.79 Å². The highest BCUT2D eigenvalue weighted by atomic mass is 16.6. The van der Waals surface area contributed by atoms with Crippen molar-refractivity contribution in [3.05, 3.63) is 48.6 Å². The average Bonchev–Trinajstić information content (AvgIpc) is 3.21. The number of quaternary nitrogens is 1. The Morgan fingerprint density at radius 3 is 1.86 bits per heavy atom. The molecule has 3 rings (SSSR count). The number of ether oxygens (including phenoxy) is 6. The Bertz CT molecular complexity index is 1410. The summed E-state index contributed by atoms with van der Waals surface area (Å²) in [6, 6.07) is 11.7. The van der Waals surface area contributed by atoms with Crippen LogP contribution in [0.2, 0.25) is 0 Å². The molecule has 56 heavy (non-hydrogen) atoms. The Hall–Kier alpha value is -4.65. The summed E-state index contributed by atoms with van der Waals surface area (Å²) in [5.41, 5.74) is 1.11. The lowest BCUT2D eigenvalue weighted by Gasteiger charge is -2.35. The number of hydrogen-bond donors (Lipinski definition) is 2. The quantitative estimate of drug-likeness (QED) is 0.0552. The zero-order valence-electron chi connectivity index (χ0n) is 34.3. The number of rotatable bonds is 26. The van der Waals surface area contributed by atoms with Crippen molar-refractivity contribution >= 4 is 23.6 Å². The standard InChI is InChI=1S/C41H64N2O7.C2H2O4/c1-6-7-8-9-10-11-12-13-14-15-16-17-18-19-20-25-40(44)50-35(33-49-34-30-38(46-3)41(48-5)39(31-34)47-4)32-42-26-28-43(29-27-42)36-23-21-22-24-37(36)45-2;3-1(4)2(5)6/h13-14,21-24,30-31,35H,6-12,15-20,25-29,32-33H2,1-5H3;(H,3,4)(H,5,6)/b14-13+;. The molecule has 1 unspecified atom stereocenters. The van der Waals surface area contributed by atoms with Gasteiger partial charge in [0.05, 0.1) is 60.3 Å². The zero-order chi connectivity index (χ0) is 41.0. The van der Waals surface area contributed by atoms with Crippen LogP contribution in [-0.4, -0.2) is 96.9 Å². The largest absolute Gasteiger partial charge is 0.539 e. The first-order valence-corrected chi connectivity index (χ1v) is 20.1. The van der Waals surface area contributed by atoms with Crippen LogP contribution < -0.4 is 38.6 Å². The third kappa shape index (κ3) is 18.8. The Labute approximate surface area is 333 Å². The number of nitrogens with zero attached hydrogens (tertiary/aromatic N) is 1. The highest BCUT2D eigenvalue weighted by Gasteiger charge is 2.27. The van der Waals surface area contributed by atoms with Crippen LogP contribution in [0.5, 0.6) is 28.7 Å². The second-order valence-electron chi connectivity index (χ2n) is 13.8. The molecular weight excluding hydrogens is 720 g/mol. The molecule has 0 amide bonds. The number of piperazine rings is 1. The van der Waals surface area contributed by atoms with E-state index in [1.54, 1.807) is 40.6 Å². The number of carboxylic acids is 2. The molecule has 0 aliphatic carbocycles. The minimum Gasteiger partial charge on any atom is -0.539 e. The molecule has 1 aliphatic rings. The van der Waals surface area contributed by atoms with E-state index in [0.29, 0.717) is 36.0 Å². The van der Waals surface area contributed by atoms with Gasteiger partial charge in [-0.25, -0.2) is 4.79 Å². The van der Waals surface area contributed by atoms with Crippen molar-refractivity contribution in [3.8, 4) is 28.7 Å². The summed E-state index contributed by atoms with van der Waals surface area (Å²) in [5.74, 6) is -1.19. The van der Waals surface area contributed by atoms with Crippen LogP contribution in [0.25, 0.3) is 0 Å². The number of allylic oxidation sites excluding steroid dienone is 2. The molecule has 1 atom stereocenters. The second-order valence-corrected chi connectivity index (χ2v) is 13.8. The zero-order valence-corrected chi connectivity index (χ0v) is 34.3. The topological polar surface area (TPSA) is 158 Å². The number of aliphatic carboxylic acids is 2. The van der Waals surface area contributed by atoms with E-state index in [1.807, 2.05) is 18.2 Å². The number of carbonyl (C=O) groups is 3. The predicted molar refractivity (Wildman–Crippen MR) is 214 cm³/mol. The van der Waals surface area contributed by atoms with E-state index in [0.717, 1.165) is 63.3 Å². The second kappa shape index (κ2) is 28.7. The Balaban J connectivity index is 0.00000167. The molecule has 1 aliphatic heterocycles. The molecule has 2 aromatic carbocycles. The third-order valence-corrected chi connectivity index (χ3v) is 9.60. The van der Waals surface area contributed by atoms with Gasteiger partial charge in [-0.15, -0.1) is 0 Å². The maximum absolute atomic E-state index is 13.1. The van der Waals surface area contributed by atoms with Gasteiger partial charge in [0.15, 0.2) is 23.6 Å². The van der Waals surface area contributed by atoms with Crippen molar-refractivity contribution in [1.82, 2.24) is 0 Å². The SMILES string of the molecule is CCCCCCCC/C=C/CCCCCCCC(=O)OC(COc1cc(OC)c(OC)c(OC)c1)C[NH+]1CCN(c2ccccc2OC)CC1.O=C([O-])C(=O)O. The van der Waals surface area contributed by atoms with E-state index in [1.165, 1.54) is 62.7 Å². The number of esters is 1. The Morgan fingerprint density at radius 1 is 0.786 bits per heavy atom. The fourth-order valence-corrected chi connectivity index (χ4v) is 6.53. The Kier molecular flexibility index (Phi) is 24.4. The van der Waals surface area contributed by atoms with Gasteiger partial charge in [0.25, 0.3) is 0 Å². The minimum atomic E-state index is -2.07. The van der Waals surface area contributed by atoms with Crippen LogP contribution in [0.4, 0.5) is 5.69 Å². The summed E-state index contributed by atoms with van der Waals surface area (Å²) < 4.78 is 34.4. The minimum absolute atomic E-state index is 0.159. The highest BCUT2D eigenvalue weighted by Crippen LogP contribution is 2.40. The first kappa shape index (κ1) is 47.5. The normalized spacial score (nSPS) is 13.3. The monoisotopic (exact) mass is 786 g/mol. The summed E-state index contributed by atoms with van der Waals surface area (Å²) in [4.78, 5) is 34.8. The number of hydrogen-bond acceptors (Lipinski definition) is 11. The number of nitrogens with one attached hydrogen (secondary N) is 1. The molecule has 0 aromatic heterocycles. The van der Waals surface area contributed by atoms with Crippen molar-refractivity contribution < 1.29 is 57.9 Å². The van der Waals surface area contributed by atoms with Crippen LogP contribution in [0.3, 0.4) is 0 Å². The molecule has 1 saturated heterocycles. The van der Waals surface area contributed by atoms with Crippen LogP contribution >= 0.6 is 0 Å². The predicted octanol–water partition coefficient (Wildman–Crippen LogP) is 5.28. The summed E-state index contributed by atoms with van der Waals surface area (Å²) >= 11 is 0. The van der Waals surface area contributed by atoms with E-state index in [9.17, 15) is 4.79 Å². The fourth-order valence-electron chi connectivity index (χ4n) is 6.53. The van der Waals surface area contributed by atoms with Gasteiger partial charge in [0.2, 0.25) is 5.75 Å². The number of carboxylic acid groups (broad SMARTS) is 2. The van der Waals surface area contributed by atoms with Crippen molar-refractivity contribution in [2.75, 3.05) is 72.7 Å². The third-order valence-electron chi connectivity index (χ3n) is 9.60. The molecule has 0 radical (unpaired) electrons. The van der Waals surface area contributed by atoms with Gasteiger partial charge < -0.3 is 53.2 Å². The van der Waals surface area contributed by atoms with Gasteiger partial charge >= 0.3 is 11.9 Å². The van der Waals surface area contributed by atoms with E-state index < -0.39 is 18.0 Å². The molecule has 13 nitrogen and oxygen atoms in total. The highest BCUT2D eigenvalue weighted by molar-refractivity contribution is 6.26. The van der Waals surface area contributed by atoms with Gasteiger partial charge in [-0.2, -0.15) is 0 Å². The molecule has 314 valence electrons. The van der Waals surface area contributed by atoms with Crippen molar-refractivity contribution in [3.63, 3.8) is 0 Å². The maximum Gasteiger partial charge on any atom is 0.351 e. The Morgan fingerprint density at radius 2 is 1.32 bits per heavy atom. The number of benzene rings is 2. The lowest BCUT2D eigenvalue weighted by atomic mass is 10.1. The molecule has 0 spiro atoms. The average molecular weight is 787 g/mol. The number of carbonyl (C=O) groups excluding carboxylic acids is 2. The molecule has 0 bridgehead atoms. The molecule has 2 aromatic rings. The summed E-state index contributed by atoms with van der Waals surface area (Å²) in [6.07, 6.45) is 20.7. The summed E-state index contributed by atoms with van der Waals surface area (Å²) in [5, 5.41) is 16.3. The first-order valence-electron chi connectivity index (χ1n) is 20.1. The van der Waals surface area contributed by atoms with E-state index in [2.05, 4.69) is 30.0 Å². The molecule has 1 fully saturated rings. The number of para-hydroxylation sites is 2. The number of anilines is 1. The molecule has 1 heterocycles. The lowest BCUT2D eigenvalue weighted by Crippen LogP contribution is -3.16. The van der Waals surface area contributed by atoms with E-state index in [4.69, 9.17) is 48.2 Å². The molecule has 0 saturated carbocycles. The van der Waals surface area contributed by atoms with Crippen molar-refractivity contribution in [2.45, 2.75) is 103 Å². The number of methoxy groups -OCH3 is 4. The van der Waals surface area contributed by atoms with Crippen LogP contribution in [0.15, 0.2) is 48.6 Å². The van der Waals surface area contributed by atoms with Crippen LogP contribution in [0, 0.1) is 0 Å². The van der Waals surface area contributed by atoms with Gasteiger partial charge in [-0.1, -0.05) is 82.6 Å². The van der Waals surface area contributed by atoms with Gasteiger partial charge in [-0.05, 0) is 44.2 Å². The van der Waals surface area contributed by atoms with Crippen LogP contribution in [0.1, 0.15) is 96.8 Å². The molecular formula is C43H66N2O11. The van der Waals surface area contributed by atoms with Gasteiger partial charge in [0.1, 0.15) is 24.7 Å². The van der Waals surface area contributed by atoms with E-state index in [-0.39, 0.29) is 12.6 Å². The maximum atomic E-state index is 13.1. The van der Waals surface area contributed by atoms with Crippen molar-refractivity contribution in [1.29, 1.82) is 0 Å². The molecule has 2 N–H and O–H groups in total. The van der Waals surface area contributed by atoms with Crippen LogP contribution in [-0.2, 0) is 19.1 Å².